The number of hydrogen-bond acceptors (Lipinski definition) is 3. The number of thiophene rings is 1. The number of anilines is 1. The Morgan fingerprint density at radius 1 is 1.37 bits per heavy atom. The number of nitrogen functional groups attached to an aromatic ring is 1. The summed E-state index contributed by atoms with van der Waals surface area (Å²) in [7, 11) is 3.36. The third-order valence-electron chi connectivity index (χ3n) is 2.88. The summed E-state index contributed by atoms with van der Waals surface area (Å²) in [5.41, 5.74) is 7.98. The van der Waals surface area contributed by atoms with Crippen LogP contribution in [0, 0.1) is 12.7 Å². The molecule has 0 spiro atoms. The number of nitrogens with zero attached hydrogens (tertiary/aromatic N) is 1. The predicted octanol–water partition coefficient (Wildman–Crippen LogP) is 3.15. The monoisotopic (exact) mass is 278 g/mol. The highest BCUT2D eigenvalue weighted by molar-refractivity contribution is 7.19. The van der Waals surface area contributed by atoms with Gasteiger partial charge in [0.2, 0.25) is 0 Å². The summed E-state index contributed by atoms with van der Waals surface area (Å²) >= 11 is 1.31. The Morgan fingerprint density at radius 3 is 2.63 bits per heavy atom. The van der Waals surface area contributed by atoms with Crippen molar-refractivity contribution in [3.63, 3.8) is 0 Å². The van der Waals surface area contributed by atoms with Gasteiger partial charge < -0.3 is 10.6 Å². The van der Waals surface area contributed by atoms with Crippen molar-refractivity contribution in [2.45, 2.75) is 6.92 Å². The molecule has 0 aliphatic heterocycles. The molecule has 0 saturated heterocycles. The van der Waals surface area contributed by atoms with Gasteiger partial charge >= 0.3 is 0 Å². The summed E-state index contributed by atoms with van der Waals surface area (Å²) in [6.07, 6.45) is 0. The standard InChI is InChI=1S/C14H15FN2OS/c1-8-11(14(18)17(2)3)13(16)19-12(8)9-5-4-6-10(15)7-9/h4-7H,16H2,1-3H3. The van der Waals surface area contributed by atoms with Crippen molar-refractivity contribution in [3.05, 3.63) is 41.2 Å². The van der Waals surface area contributed by atoms with Gasteiger partial charge in [-0.3, -0.25) is 4.79 Å². The molecule has 1 aromatic heterocycles. The minimum absolute atomic E-state index is 0.131. The maximum absolute atomic E-state index is 13.3. The van der Waals surface area contributed by atoms with Crippen molar-refractivity contribution in [2.75, 3.05) is 19.8 Å². The zero-order valence-electron chi connectivity index (χ0n) is 11.0. The topological polar surface area (TPSA) is 46.3 Å². The molecule has 2 rings (SSSR count). The molecule has 2 aromatic rings. The number of nitrogens with two attached hydrogens (primary N) is 1. The van der Waals surface area contributed by atoms with Crippen molar-refractivity contribution >= 4 is 22.2 Å². The summed E-state index contributed by atoms with van der Waals surface area (Å²) in [4.78, 5) is 14.4. The minimum Gasteiger partial charge on any atom is -0.390 e. The third kappa shape index (κ3) is 2.46. The number of halogens is 1. The molecule has 0 fully saturated rings. The first-order valence-electron chi connectivity index (χ1n) is 5.78. The highest BCUT2D eigenvalue weighted by Crippen LogP contribution is 2.38. The van der Waals surface area contributed by atoms with E-state index in [0.29, 0.717) is 10.6 Å². The molecule has 0 aliphatic rings. The highest BCUT2D eigenvalue weighted by Gasteiger charge is 2.21. The van der Waals surface area contributed by atoms with Crippen LogP contribution >= 0.6 is 11.3 Å². The average molecular weight is 278 g/mol. The van der Waals surface area contributed by atoms with E-state index >= 15 is 0 Å². The molecule has 1 aromatic carbocycles. The normalized spacial score (nSPS) is 10.5. The second-order valence-electron chi connectivity index (χ2n) is 4.51. The van der Waals surface area contributed by atoms with Crippen LogP contribution in [0.1, 0.15) is 15.9 Å². The van der Waals surface area contributed by atoms with E-state index in [1.54, 1.807) is 20.2 Å². The Balaban J connectivity index is 2.56. The van der Waals surface area contributed by atoms with Gasteiger partial charge in [-0.05, 0) is 30.2 Å². The molecule has 100 valence electrons. The Kier molecular flexibility index (Phi) is 3.57. The van der Waals surface area contributed by atoms with Gasteiger partial charge in [0.05, 0.1) is 10.6 Å². The van der Waals surface area contributed by atoms with Crippen molar-refractivity contribution in [1.29, 1.82) is 0 Å². The molecule has 1 amide bonds. The van der Waals surface area contributed by atoms with Gasteiger partial charge in [-0.25, -0.2) is 4.39 Å². The Labute approximate surface area is 115 Å². The molecular formula is C14H15FN2OS. The van der Waals surface area contributed by atoms with Crippen LogP contribution in [0.5, 0.6) is 0 Å². The van der Waals surface area contributed by atoms with Crippen LogP contribution in [0.4, 0.5) is 9.39 Å². The molecule has 0 bridgehead atoms. The smallest absolute Gasteiger partial charge is 0.256 e. The van der Waals surface area contributed by atoms with E-state index in [-0.39, 0.29) is 11.7 Å². The molecule has 3 nitrogen and oxygen atoms in total. The Morgan fingerprint density at radius 2 is 2.05 bits per heavy atom. The van der Waals surface area contributed by atoms with E-state index in [0.717, 1.165) is 16.0 Å². The van der Waals surface area contributed by atoms with E-state index in [4.69, 9.17) is 5.73 Å². The first kappa shape index (κ1) is 13.5. The second kappa shape index (κ2) is 5.01. The molecule has 5 heteroatoms. The zero-order valence-corrected chi connectivity index (χ0v) is 11.8. The Bertz CT molecular complexity index is 634. The fraction of sp³-hybridized carbons (Fsp3) is 0.214. The number of benzene rings is 1. The lowest BCUT2D eigenvalue weighted by molar-refractivity contribution is 0.0828. The average Bonchev–Trinajstić information content (AvgIpc) is 2.64. The quantitative estimate of drug-likeness (QED) is 0.917. The van der Waals surface area contributed by atoms with Gasteiger partial charge in [0.25, 0.3) is 5.91 Å². The second-order valence-corrected chi connectivity index (χ2v) is 5.56. The largest absolute Gasteiger partial charge is 0.390 e. The first-order valence-corrected chi connectivity index (χ1v) is 6.60. The molecule has 0 atom stereocenters. The van der Waals surface area contributed by atoms with Gasteiger partial charge in [-0.2, -0.15) is 0 Å². The van der Waals surface area contributed by atoms with Crippen LogP contribution in [-0.2, 0) is 0 Å². The van der Waals surface area contributed by atoms with E-state index in [2.05, 4.69) is 0 Å². The highest BCUT2D eigenvalue weighted by atomic mass is 32.1. The molecule has 0 aliphatic carbocycles. The van der Waals surface area contributed by atoms with Crippen LogP contribution in [0.15, 0.2) is 24.3 Å². The van der Waals surface area contributed by atoms with E-state index < -0.39 is 0 Å². The van der Waals surface area contributed by atoms with E-state index in [9.17, 15) is 9.18 Å². The van der Waals surface area contributed by atoms with Gasteiger partial charge in [0.15, 0.2) is 0 Å². The van der Waals surface area contributed by atoms with Crippen LogP contribution < -0.4 is 5.73 Å². The van der Waals surface area contributed by atoms with Gasteiger partial charge in [0.1, 0.15) is 5.82 Å². The molecule has 1 heterocycles. The minimum atomic E-state index is -0.302. The van der Waals surface area contributed by atoms with Crippen LogP contribution in [0.3, 0.4) is 0 Å². The van der Waals surface area contributed by atoms with Gasteiger partial charge in [0, 0.05) is 19.0 Å². The van der Waals surface area contributed by atoms with Crippen molar-refractivity contribution < 1.29 is 9.18 Å². The summed E-state index contributed by atoms with van der Waals surface area (Å²) in [6, 6.07) is 6.29. The van der Waals surface area contributed by atoms with E-state index in [1.165, 1.54) is 28.4 Å². The third-order valence-corrected chi connectivity index (χ3v) is 4.05. The van der Waals surface area contributed by atoms with Crippen LogP contribution in [-0.4, -0.2) is 24.9 Å². The number of carbonyl (C=O) groups is 1. The predicted molar refractivity (Wildman–Crippen MR) is 76.9 cm³/mol. The lowest BCUT2D eigenvalue weighted by Gasteiger charge is -2.10. The summed E-state index contributed by atoms with van der Waals surface area (Å²) in [6.45, 7) is 1.84. The van der Waals surface area contributed by atoms with Crippen molar-refractivity contribution in [1.82, 2.24) is 4.90 Å². The van der Waals surface area contributed by atoms with Crippen molar-refractivity contribution in [2.24, 2.45) is 0 Å². The van der Waals surface area contributed by atoms with Crippen molar-refractivity contribution in [3.8, 4) is 10.4 Å². The van der Waals surface area contributed by atoms with Gasteiger partial charge in [-0.15, -0.1) is 11.3 Å². The summed E-state index contributed by atoms with van der Waals surface area (Å²) < 4.78 is 13.3. The maximum Gasteiger partial charge on any atom is 0.256 e. The molecule has 0 unspecified atom stereocenters. The first-order chi connectivity index (χ1) is 8.91. The molecule has 19 heavy (non-hydrogen) atoms. The Hall–Kier alpha value is -1.88. The number of carbonyl (C=O) groups excluding carboxylic acids is 1. The molecule has 0 radical (unpaired) electrons. The fourth-order valence-electron chi connectivity index (χ4n) is 1.93. The van der Waals surface area contributed by atoms with Crippen LogP contribution in [0.25, 0.3) is 10.4 Å². The van der Waals surface area contributed by atoms with E-state index in [1.807, 2.05) is 13.0 Å². The molecule has 2 N–H and O–H groups in total. The summed E-state index contributed by atoms with van der Waals surface area (Å²) in [5.74, 6) is -0.432. The maximum atomic E-state index is 13.3. The van der Waals surface area contributed by atoms with Crippen LogP contribution in [0.2, 0.25) is 0 Å². The number of hydrogen-bond donors (Lipinski definition) is 1. The van der Waals surface area contributed by atoms with Gasteiger partial charge in [-0.1, -0.05) is 12.1 Å². The number of amides is 1. The lowest BCUT2D eigenvalue weighted by atomic mass is 10.1. The lowest BCUT2D eigenvalue weighted by Crippen LogP contribution is -2.22. The zero-order chi connectivity index (χ0) is 14.2. The summed E-state index contributed by atoms with van der Waals surface area (Å²) in [5, 5.41) is 0.468. The molecular weight excluding hydrogens is 263 g/mol. The SMILES string of the molecule is Cc1c(-c2cccc(F)c2)sc(N)c1C(=O)N(C)C. The fourth-order valence-corrected chi connectivity index (χ4v) is 2.99. The molecule has 0 saturated carbocycles. The number of rotatable bonds is 2.